The summed E-state index contributed by atoms with van der Waals surface area (Å²) in [6, 6.07) is 8.06. The van der Waals surface area contributed by atoms with E-state index in [4.69, 9.17) is 9.26 Å². The maximum absolute atomic E-state index is 12.7. The van der Waals surface area contributed by atoms with Gasteiger partial charge in [0.25, 0.3) is 0 Å². The molecule has 0 aliphatic heterocycles. The van der Waals surface area contributed by atoms with Gasteiger partial charge in [-0.2, -0.15) is 0 Å². The Labute approximate surface area is 130 Å². The zero-order valence-corrected chi connectivity index (χ0v) is 13.3. The second-order valence-corrected chi connectivity index (χ2v) is 7.94. The number of hydrogen-bond acceptors (Lipinski definition) is 5. The van der Waals surface area contributed by atoms with Crippen molar-refractivity contribution in [2.24, 2.45) is 0 Å². The van der Waals surface area contributed by atoms with Crippen molar-refractivity contribution in [1.82, 2.24) is 5.16 Å². The summed E-state index contributed by atoms with van der Waals surface area (Å²) in [4.78, 5) is 0. The lowest BCUT2D eigenvalue weighted by molar-refractivity contribution is 0.177. The van der Waals surface area contributed by atoms with Crippen molar-refractivity contribution in [2.45, 2.75) is 36.9 Å². The van der Waals surface area contributed by atoms with E-state index in [1.807, 2.05) is 18.2 Å². The number of sulfone groups is 1. The van der Waals surface area contributed by atoms with Crippen molar-refractivity contribution in [3.05, 3.63) is 52.9 Å². The van der Waals surface area contributed by atoms with E-state index in [0.717, 1.165) is 12.0 Å². The molecule has 3 rings (SSSR count). The molecule has 0 amide bonds. The van der Waals surface area contributed by atoms with Gasteiger partial charge in [0, 0.05) is 12.7 Å². The number of hydrogen-bond donors (Lipinski definition) is 0. The first-order chi connectivity index (χ1) is 10.6. The first-order valence-corrected chi connectivity index (χ1v) is 9.01. The molecule has 1 aliphatic rings. The molecule has 0 saturated heterocycles. The number of ether oxygens (including phenoxy) is 1. The third kappa shape index (κ3) is 3.08. The maximum Gasteiger partial charge on any atom is 0.157 e. The summed E-state index contributed by atoms with van der Waals surface area (Å²) in [5.74, 6) is -0.0397. The van der Waals surface area contributed by atoms with Crippen molar-refractivity contribution < 1.29 is 17.7 Å². The molecule has 0 bridgehead atoms. The van der Waals surface area contributed by atoms with Crippen LogP contribution in [0.25, 0.3) is 0 Å². The van der Waals surface area contributed by atoms with E-state index in [1.54, 1.807) is 7.11 Å². The first kappa shape index (κ1) is 15.2. The van der Waals surface area contributed by atoms with Gasteiger partial charge in [0.2, 0.25) is 0 Å². The molecule has 5 nitrogen and oxygen atoms in total. The van der Waals surface area contributed by atoms with Crippen molar-refractivity contribution in [1.29, 1.82) is 0 Å². The number of aryl methyl sites for hydroxylation is 1. The molecule has 1 unspecified atom stereocenters. The van der Waals surface area contributed by atoms with E-state index in [1.165, 1.54) is 11.8 Å². The van der Waals surface area contributed by atoms with Gasteiger partial charge in [-0.1, -0.05) is 29.4 Å². The van der Waals surface area contributed by atoms with E-state index in [0.29, 0.717) is 24.1 Å². The Morgan fingerprint density at radius 1 is 1.32 bits per heavy atom. The molecule has 6 heteroatoms. The lowest BCUT2D eigenvalue weighted by Gasteiger charge is -2.24. The van der Waals surface area contributed by atoms with Crippen molar-refractivity contribution in [3.63, 3.8) is 0 Å². The van der Waals surface area contributed by atoms with E-state index < -0.39 is 9.84 Å². The highest BCUT2D eigenvalue weighted by Crippen LogP contribution is 2.27. The SMILES string of the molecule is COCc1nocc1CS(=O)(=O)C1CCc2ccccc2C1. The fourth-order valence-corrected chi connectivity index (χ4v) is 4.77. The third-order valence-corrected chi connectivity index (χ3v) is 6.31. The second-order valence-electron chi connectivity index (χ2n) is 5.66. The number of nitrogens with zero attached hydrogens (tertiary/aromatic N) is 1. The van der Waals surface area contributed by atoms with Crippen LogP contribution in [-0.2, 0) is 39.8 Å². The molecule has 0 fully saturated rings. The highest BCUT2D eigenvalue weighted by atomic mass is 32.2. The molecule has 0 N–H and O–H groups in total. The molecule has 0 radical (unpaired) electrons. The molecule has 1 aromatic heterocycles. The number of aromatic nitrogens is 1. The summed E-state index contributed by atoms with van der Waals surface area (Å²) in [6.07, 6.45) is 3.48. The van der Waals surface area contributed by atoms with E-state index >= 15 is 0 Å². The smallest absolute Gasteiger partial charge is 0.157 e. The van der Waals surface area contributed by atoms with Crippen molar-refractivity contribution in [2.75, 3.05) is 7.11 Å². The molecule has 2 aromatic rings. The summed E-state index contributed by atoms with van der Waals surface area (Å²) in [7, 11) is -1.70. The van der Waals surface area contributed by atoms with Crippen LogP contribution < -0.4 is 0 Å². The summed E-state index contributed by atoms with van der Waals surface area (Å²) in [6.45, 7) is 0.259. The van der Waals surface area contributed by atoms with Gasteiger partial charge >= 0.3 is 0 Å². The van der Waals surface area contributed by atoms with Crippen LogP contribution in [0.4, 0.5) is 0 Å². The standard InChI is InChI=1S/C16H19NO4S/c1-20-10-16-14(9-21-17-16)11-22(18,19)15-7-6-12-4-2-3-5-13(12)8-15/h2-5,9,15H,6-8,10-11H2,1H3. The van der Waals surface area contributed by atoms with Crippen LogP contribution in [0.2, 0.25) is 0 Å². The van der Waals surface area contributed by atoms with Crippen LogP contribution in [0, 0.1) is 0 Å². The summed E-state index contributed by atoms with van der Waals surface area (Å²) >= 11 is 0. The summed E-state index contributed by atoms with van der Waals surface area (Å²) in [5.41, 5.74) is 3.56. The Kier molecular flexibility index (Phi) is 4.31. The average Bonchev–Trinajstić information content (AvgIpc) is 2.93. The minimum absolute atomic E-state index is 0.0397. The minimum Gasteiger partial charge on any atom is -0.378 e. The van der Waals surface area contributed by atoms with Crippen LogP contribution in [0.1, 0.15) is 28.8 Å². The Morgan fingerprint density at radius 2 is 2.09 bits per heavy atom. The van der Waals surface area contributed by atoms with Crippen LogP contribution in [0.15, 0.2) is 35.1 Å². The van der Waals surface area contributed by atoms with E-state index in [2.05, 4.69) is 11.2 Å². The molecule has 22 heavy (non-hydrogen) atoms. The van der Waals surface area contributed by atoms with Crippen LogP contribution in [0.5, 0.6) is 0 Å². The molecule has 0 saturated carbocycles. The average molecular weight is 321 g/mol. The number of fused-ring (bicyclic) bond motifs is 1. The van der Waals surface area contributed by atoms with Gasteiger partial charge < -0.3 is 9.26 Å². The second kappa shape index (κ2) is 6.22. The normalized spacial score (nSPS) is 18.1. The molecule has 0 spiro atoms. The van der Waals surface area contributed by atoms with Gasteiger partial charge in [-0.05, 0) is 30.4 Å². The van der Waals surface area contributed by atoms with Crippen LogP contribution in [-0.4, -0.2) is 25.9 Å². The van der Waals surface area contributed by atoms with E-state index in [9.17, 15) is 8.42 Å². The van der Waals surface area contributed by atoms with Gasteiger partial charge in [0.05, 0.1) is 17.6 Å². The lowest BCUT2D eigenvalue weighted by atomic mass is 9.92. The first-order valence-electron chi connectivity index (χ1n) is 7.29. The van der Waals surface area contributed by atoms with Gasteiger partial charge in [0.15, 0.2) is 9.84 Å². The fourth-order valence-electron chi connectivity index (χ4n) is 2.96. The molecule has 118 valence electrons. The predicted octanol–water partition coefficient (Wildman–Crippen LogP) is 2.29. The number of rotatable bonds is 5. The Balaban J connectivity index is 1.78. The van der Waals surface area contributed by atoms with Gasteiger partial charge in [-0.15, -0.1) is 0 Å². The maximum atomic E-state index is 12.7. The molecular formula is C16H19NO4S. The largest absolute Gasteiger partial charge is 0.378 e. The highest BCUT2D eigenvalue weighted by Gasteiger charge is 2.31. The predicted molar refractivity (Wildman–Crippen MR) is 82.1 cm³/mol. The van der Waals surface area contributed by atoms with Crippen LogP contribution in [0.3, 0.4) is 0 Å². The van der Waals surface area contributed by atoms with Crippen LogP contribution >= 0.6 is 0 Å². The topological polar surface area (TPSA) is 69.4 Å². The van der Waals surface area contributed by atoms with Crippen molar-refractivity contribution in [3.8, 4) is 0 Å². The molecule has 1 atom stereocenters. The molecule has 1 aliphatic carbocycles. The summed E-state index contributed by atoms with van der Waals surface area (Å²) < 4.78 is 35.3. The summed E-state index contributed by atoms with van der Waals surface area (Å²) in [5, 5.41) is 3.47. The zero-order chi connectivity index (χ0) is 15.6. The van der Waals surface area contributed by atoms with Crippen molar-refractivity contribution >= 4 is 9.84 Å². The van der Waals surface area contributed by atoms with Gasteiger partial charge in [0.1, 0.15) is 12.0 Å². The number of benzene rings is 1. The number of methoxy groups -OCH3 is 1. The lowest BCUT2D eigenvalue weighted by Crippen LogP contribution is -2.29. The zero-order valence-electron chi connectivity index (χ0n) is 12.5. The third-order valence-electron chi connectivity index (χ3n) is 4.18. The monoisotopic (exact) mass is 321 g/mol. The Bertz CT molecular complexity index is 751. The molecule has 1 heterocycles. The highest BCUT2D eigenvalue weighted by molar-refractivity contribution is 7.91. The quantitative estimate of drug-likeness (QED) is 0.845. The molecule has 1 aromatic carbocycles. The minimum atomic E-state index is -3.25. The van der Waals surface area contributed by atoms with Gasteiger partial charge in [-0.25, -0.2) is 8.42 Å². The Hall–Kier alpha value is -1.66. The molecular weight excluding hydrogens is 302 g/mol. The fraction of sp³-hybridized carbons (Fsp3) is 0.438. The van der Waals surface area contributed by atoms with Gasteiger partial charge in [-0.3, -0.25) is 0 Å². The van der Waals surface area contributed by atoms with E-state index in [-0.39, 0.29) is 17.6 Å². The Morgan fingerprint density at radius 3 is 2.86 bits per heavy atom.